The Balaban J connectivity index is 1.76. The third-order valence-corrected chi connectivity index (χ3v) is 4.14. The molecule has 0 fully saturated rings. The highest BCUT2D eigenvalue weighted by atomic mass is 16.5. The van der Waals surface area contributed by atoms with Gasteiger partial charge in [0.25, 0.3) is 5.91 Å². The third-order valence-electron chi connectivity index (χ3n) is 4.14. The summed E-state index contributed by atoms with van der Waals surface area (Å²) in [6.45, 7) is 4.12. The number of fused-ring (bicyclic) bond motifs is 1. The number of carbonyl (C=O) groups excluding carboxylic acids is 1. The normalized spacial score (nSPS) is 11.2. The molecule has 4 nitrogen and oxygen atoms in total. The molecule has 1 N–H and O–H groups in total. The van der Waals surface area contributed by atoms with Crippen LogP contribution in [-0.2, 0) is 6.61 Å². The first-order chi connectivity index (χ1) is 11.6. The highest BCUT2D eigenvalue weighted by molar-refractivity contribution is 5.95. The minimum atomic E-state index is -0.168. The number of nitrogens with zero attached hydrogens (tertiary/aromatic N) is 1. The second kappa shape index (κ2) is 6.89. The van der Waals surface area contributed by atoms with E-state index in [2.05, 4.69) is 13.8 Å². The number of carbonyl (C=O) groups is 1. The summed E-state index contributed by atoms with van der Waals surface area (Å²) < 4.78 is 7.16. The molecule has 1 heterocycles. The molecule has 0 aliphatic carbocycles. The lowest BCUT2D eigenvalue weighted by Gasteiger charge is -2.09. The maximum atomic E-state index is 12.5. The topological polar surface area (TPSA) is 51.5 Å². The fourth-order valence-corrected chi connectivity index (χ4v) is 2.75. The van der Waals surface area contributed by atoms with Gasteiger partial charge in [-0.05, 0) is 29.7 Å². The maximum Gasteiger partial charge on any atom is 0.268 e. The molecule has 3 rings (SSSR count). The molecule has 24 heavy (non-hydrogen) atoms. The number of ether oxygens (including phenoxy) is 1. The summed E-state index contributed by atoms with van der Waals surface area (Å²) in [6, 6.07) is 15.3. The van der Waals surface area contributed by atoms with Gasteiger partial charge in [-0.15, -0.1) is 0 Å². The average molecular weight is 323 g/mol. The second-order valence-electron chi connectivity index (χ2n) is 6.11. The average Bonchev–Trinajstić information content (AvgIpc) is 2.99. The Morgan fingerprint density at radius 1 is 1.12 bits per heavy atom. The molecule has 0 amide bonds. The standard InChI is InChI=1S/C20H21NO3/c1-14(2)15-7-9-17(10-8-15)24-13-20(23)21-11-16(12-22)18-5-3-4-6-19(18)21/h3-11,14,22H,12-13H2,1-2H3. The molecule has 2 aromatic carbocycles. The number of hydrogen-bond acceptors (Lipinski definition) is 3. The zero-order valence-electron chi connectivity index (χ0n) is 13.9. The van der Waals surface area contributed by atoms with E-state index in [9.17, 15) is 9.90 Å². The van der Waals surface area contributed by atoms with E-state index in [1.807, 2.05) is 48.5 Å². The van der Waals surface area contributed by atoms with Gasteiger partial charge in [0.05, 0.1) is 12.1 Å². The molecule has 3 aromatic rings. The van der Waals surface area contributed by atoms with Crippen molar-refractivity contribution in [1.29, 1.82) is 0 Å². The van der Waals surface area contributed by atoms with Gasteiger partial charge in [-0.3, -0.25) is 9.36 Å². The molecule has 0 unspecified atom stereocenters. The van der Waals surface area contributed by atoms with Crippen molar-refractivity contribution >= 4 is 16.8 Å². The molecule has 124 valence electrons. The quantitative estimate of drug-likeness (QED) is 0.773. The molecule has 0 bridgehead atoms. The lowest BCUT2D eigenvalue weighted by Crippen LogP contribution is -2.18. The smallest absolute Gasteiger partial charge is 0.268 e. The summed E-state index contributed by atoms with van der Waals surface area (Å²) in [6.07, 6.45) is 1.68. The molecule has 0 aliphatic rings. The van der Waals surface area contributed by atoms with E-state index >= 15 is 0 Å². The van der Waals surface area contributed by atoms with E-state index in [4.69, 9.17) is 4.74 Å². The predicted molar refractivity (Wildman–Crippen MR) is 94.5 cm³/mol. The molecule has 0 aliphatic heterocycles. The van der Waals surface area contributed by atoms with Crippen LogP contribution in [0.4, 0.5) is 0 Å². The van der Waals surface area contributed by atoms with Crippen molar-refractivity contribution in [1.82, 2.24) is 4.57 Å². The first kappa shape index (κ1) is 16.3. The SMILES string of the molecule is CC(C)c1ccc(OCC(=O)n2cc(CO)c3ccccc32)cc1. The lowest BCUT2D eigenvalue weighted by molar-refractivity contribution is 0.0843. The fourth-order valence-electron chi connectivity index (χ4n) is 2.75. The lowest BCUT2D eigenvalue weighted by atomic mass is 10.0. The number of rotatable bonds is 5. The van der Waals surface area contributed by atoms with Crippen LogP contribution in [-0.4, -0.2) is 22.2 Å². The van der Waals surface area contributed by atoms with Crippen molar-refractivity contribution in [3.8, 4) is 5.75 Å². The summed E-state index contributed by atoms with van der Waals surface area (Å²) in [5, 5.41) is 10.3. The van der Waals surface area contributed by atoms with Crippen molar-refractivity contribution in [3.05, 3.63) is 65.9 Å². The Kier molecular flexibility index (Phi) is 4.67. The number of para-hydroxylation sites is 1. The molecular formula is C20H21NO3. The third kappa shape index (κ3) is 3.19. The van der Waals surface area contributed by atoms with Crippen molar-refractivity contribution in [2.24, 2.45) is 0 Å². The fraction of sp³-hybridized carbons (Fsp3) is 0.250. The van der Waals surface area contributed by atoms with Crippen LogP contribution in [0.1, 0.15) is 35.7 Å². The molecule has 0 saturated heterocycles. The second-order valence-corrected chi connectivity index (χ2v) is 6.11. The van der Waals surface area contributed by atoms with E-state index in [1.165, 1.54) is 5.56 Å². The number of aliphatic hydroxyl groups excluding tert-OH is 1. The molecule has 0 radical (unpaired) electrons. The van der Waals surface area contributed by atoms with Crippen LogP contribution in [0, 0.1) is 0 Å². The summed E-state index contributed by atoms with van der Waals surface area (Å²) in [4.78, 5) is 12.5. The minimum absolute atomic E-state index is 0.0510. The summed E-state index contributed by atoms with van der Waals surface area (Å²) >= 11 is 0. The van der Waals surface area contributed by atoms with Crippen LogP contribution in [0.15, 0.2) is 54.7 Å². The molecule has 0 spiro atoms. The van der Waals surface area contributed by atoms with Crippen LogP contribution in [0.25, 0.3) is 10.9 Å². The Bertz CT molecular complexity index is 847. The first-order valence-electron chi connectivity index (χ1n) is 8.06. The number of aromatic nitrogens is 1. The van der Waals surface area contributed by atoms with Crippen molar-refractivity contribution < 1.29 is 14.6 Å². The van der Waals surface area contributed by atoms with Crippen molar-refractivity contribution in [3.63, 3.8) is 0 Å². The Labute approximate surface area is 141 Å². The van der Waals surface area contributed by atoms with E-state index < -0.39 is 0 Å². The van der Waals surface area contributed by atoms with Crippen LogP contribution >= 0.6 is 0 Å². The predicted octanol–water partition coefficient (Wildman–Crippen LogP) is 3.98. The highest BCUT2D eigenvalue weighted by Gasteiger charge is 2.13. The van der Waals surface area contributed by atoms with Gasteiger partial charge < -0.3 is 9.84 Å². The number of aliphatic hydroxyl groups is 1. The van der Waals surface area contributed by atoms with Gasteiger partial charge in [-0.2, -0.15) is 0 Å². The zero-order chi connectivity index (χ0) is 17.1. The van der Waals surface area contributed by atoms with Crippen LogP contribution in [0.5, 0.6) is 5.75 Å². The molecule has 4 heteroatoms. The first-order valence-corrected chi connectivity index (χ1v) is 8.06. The Morgan fingerprint density at radius 2 is 1.83 bits per heavy atom. The summed E-state index contributed by atoms with van der Waals surface area (Å²) in [5.74, 6) is 0.967. The molecule has 0 atom stereocenters. The monoisotopic (exact) mass is 323 g/mol. The molecular weight excluding hydrogens is 302 g/mol. The molecule has 1 aromatic heterocycles. The van der Waals surface area contributed by atoms with Crippen LogP contribution in [0.3, 0.4) is 0 Å². The highest BCUT2D eigenvalue weighted by Crippen LogP contribution is 2.22. The van der Waals surface area contributed by atoms with Crippen LogP contribution < -0.4 is 4.74 Å². The Hall–Kier alpha value is -2.59. The van der Waals surface area contributed by atoms with E-state index in [-0.39, 0.29) is 19.1 Å². The summed E-state index contributed by atoms with van der Waals surface area (Å²) in [5.41, 5.74) is 2.75. The zero-order valence-corrected chi connectivity index (χ0v) is 13.9. The van der Waals surface area contributed by atoms with Gasteiger partial charge in [0, 0.05) is 17.1 Å². The van der Waals surface area contributed by atoms with Gasteiger partial charge >= 0.3 is 0 Å². The van der Waals surface area contributed by atoms with Gasteiger partial charge in [-0.25, -0.2) is 0 Å². The summed E-state index contributed by atoms with van der Waals surface area (Å²) in [7, 11) is 0. The van der Waals surface area contributed by atoms with Crippen LogP contribution in [0.2, 0.25) is 0 Å². The largest absolute Gasteiger partial charge is 0.484 e. The van der Waals surface area contributed by atoms with E-state index in [0.717, 1.165) is 16.5 Å². The van der Waals surface area contributed by atoms with Gasteiger partial charge in [0.15, 0.2) is 6.61 Å². The van der Waals surface area contributed by atoms with Gasteiger partial charge in [0.1, 0.15) is 5.75 Å². The minimum Gasteiger partial charge on any atom is -0.484 e. The van der Waals surface area contributed by atoms with Gasteiger partial charge in [0.2, 0.25) is 0 Å². The Morgan fingerprint density at radius 3 is 2.50 bits per heavy atom. The van der Waals surface area contributed by atoms with Crippen molar-refractivity contribution in [2.45, 2.75) is 26.4 Å². The number of hydrogen-bond donors (Lipinski definition) is 1. The van der Waals surface area contributed by atoms with E-state index in [0.29, 0.717) is 11.7 Å². The number of benzene rings is 2. The molecule has 0 saturated carbocycles. The van der Waals surface area contributed by atoms with E-state index in [1.54, 1.807) is 10.8 Å². The maximum absolute atomic E-state index is 12.5. The van der Waals surface area contributed by atoms with Crippen molar-refractivity contribution in [2.75, 3.05) is 6.61 Å². The van der Waals surface area contributed by atoms with Gasteiger partial charge in [-0.1, -0.05) is 44.2 Å².